The molecule has 0 unspecified atom stereocenters. The van der Waals surface area contributed by atoms with Crippen LogP contribution in [0.15, 0.2) is 16.6 Å². The van der Waals surface area contributed by atoms with Gasteiger partial charge in [0.05, 0.1) is 24.0 Å². The third-order valence-electron chi connectivity index (χ3n) is 2.09. The van der Waals surface area contributed by atoms with E-state index in [1.807, 2.05) is 0 Å². The summed E-state index contributed by atoms with van der Waals surface area (Å²) in [6, 6.07) is 3.30. The van der Waals surface area contributed by atoms with Crippen LogP contribution in [0, 0.1) is 0 Å². The van der Waals surface area contributed by atoms with E-state index in [0.717, 1.165) is 23.1 Å². The van der Waals surface area contributed by atoms with Crippen molar-refractivity contribution in [2.75, 3.05) is 24.7 Å². The van der Waals surface area contributed by atoms with Crippen LogP contribution in [0.5, 0.6) is 0 Å². The summed E-state index contributed by atoms with van der Waals surface area (Å²) in [5.74, 6) is -0.394. The van der Waals surface area contributed by atoms with Crippen LogP contribution < -0.4 is 11.1 Å². The summed E-state index contributed by atoms with van der Waals surface area (Å²) in [6.45, 7) is 2.90. The van der Waals surface area contributed by atoms with E-state index >= 15 is 0 Å². The molecule has 0 radical (unpaired) electrons. The SMILES string of the molecule is CCCNc1c(N)cc(C(=O)OC)cc1Br. The summed E-state index contributed by atoms with van der Waals surface area (Å²) < 4.78 is 5.40. The van der Waals surface area contributed by atoms with Crippen molar-refractivity contribution in [3.8, 4) is 0 Å². The van der Waals surface area contributed by atoms with Gasteiger partial charge < -0.3 is 15.8 Å². The summed E-state index contributed by atoms with van der Waals surface area (Å²) in [6.07, 6.45) is 1.00. The van der Waals surface area contributed by atoms with E-state index in [2.05, 4.69) is 32.9 Å². The van der Waals surface area contributed by atoms with Gasteiger partial charge >= 0.3 is 5.97 Å². The highest BCUT2D eigenvalue weighted by Crippen LogP contribution is 2.30. The summed E-state index contributed by atoms with van der Waals surface area (Å²) in [4.78, 5) is 11.3. The van der Waals surface area contributed by atoms with E-state index < -0.39 is 5.97 Å². The number of hydrogen-bond donors (Lipinski definition) is 2. The third kappa shape index (κ3) is 2.88. The highest BCUT2D eigenvalue weighted by Gasteiger charge is 2.11. The van der Waals surface area contributed by atoms with Gasteiger partial charge in [0.25, 0.3) is 0 Å². The van der Waals surface area contributed by atoms with E-state index in [0.29, 0.717) is 11.3 Å². The van der Waals surface area contributed by atoms with E-state index in [-0.39, 0.29) is 0 Å². The Balaban J connectivity index is 3.02. The number of hydrogen-bond acceptors (Lipinski definition) is 4. The zero-order valence-electron chi connectivity index (χ0n) is 9.34. The lowest BCUT2D eigenvalue weighted by molar-refractivity contribution is 0.0600. The number of benzene rings is 1. The summed E-state index contributed by atoms with van der Waals surface area (Å²) in [7, 11) is 1.34. The first-order valence-corrected chi connectivity index (χ1v) is 5.80. The molecular weight excluding hydrogens is 272 g/mol. The smallest absolute Gasteiger partial charge is 0.337 e. The number of rotatable bonds is 4. The Labute approximate surface area is 103 Å². The minimum absolute atomic E-state index is 0.394. The van der Waals surface area contributed by atoms with Crippen LogP contribution in [0.4, 0.5) is 11.4 Å². The van der Waals surface area contributed by atoms with Crippen LogP contribution in [-0.2, 0) is 4.74 Å². The Morgan fingerprint density at radius 1 is 1.56 bits per heavy atom. The number of carbonyl (C=O) groups is 1. The quantitative estimate of drug-likeness (QED) is 0.660. The average Bonchev–Trinajstić information content (AvgIpc) is 2.26. The Hall–Kier alpha value is -1.23. The fourth-order valence-corrected chi connectivity index (χ4v) is 1.92. The second-order valence-corrected chi connectivity index (χ2v) is 4.19. The van der Waals surface area contributed by atoms with Gasteiger partial charge in [-0.05, 0) is 34.5 Å². The molecule has 1 rings (SSSR count). The number of carbonyl (C=O) groups excluding carboxylic acids is 1. The van der Waals surface area contributed by atoms with Gasteiger partial charge in [0, 0.05) is 11.0 Å². The lowest BCUT2D eigenvalue weighted by Gasteiger charge is -2.12. The van der Waals surface area contributed by atoms with Crippen LogP contribution in [0.2, 0.25) is 0 Å². The predicted molar refractivity (Wildman–Crippen MR) is 68.7 cm³/mol. The molecule has 0 spiro atoms. The predicted octanol–water partition coefficient (Wildman–Crippen LogP) is 2.64. The highest BCUT2D eigenvalue weighted by atomic mass is 79.9. The molecular formula is C11H15BrN2O2. The fourth-order valence-electron chi connectivity index (χ4n) is 1.30. The van der Waals surface area contributed by atoms with E-state index in [4.69, 9.17) is 5.73 Å². The molecule has 88 valence electrons. The van der Waals surface area contributed by atoms with Gasteiger partial charge in [-0.3, -0.25) is 0 Å². The molecule has 5 heteroatoms. The largest absolute Gasteiger partial charge is 0.465 e. The van der Waals surface area contributed by atoms with Gasteiger partial charge in [0.15, 0.2) is 0 Å². The minimum Gasteiger partial charge on any atom is -0.465 e. The second-order valence-electron chi connectivity index (χ2n) is 3.34. The molecule has 1 aromatic rings. The molecule has 0 saturated heterocycles. The molecule has 0 amide bonds. The number of anilines is 2. The number of nitrogens with one attached hydrogen (secondary N) is 1. The van der Waals surface area contributed by atoms with Crippen LogP contribution in [0.25, 0.3) is 0 Å². The van der Waals surface area contributed by atoms with Crippen molar-refractivity contribution in [1.29, 1.82) is 0 Å². The normalized spacial score (nSPS) is 9.94. The molecule has 0 aliphatic carbocycles. The third-order valence-corrected chi connectivity index (χ3v) is 2.72. The molecule has 0 aromatic heterocycles. The molecule has 0 atom stereocenters. The van der Waals surface area contributed by atoms with Crippen molar-refractivity contribution in [1.82, 2.24) is 0 Å². The van der Waals surface area contributed by atoms with E-state index in [1.165, 1.54) is 7.11 Å². The topological polar surface area (TPSA) is 64.3 Å². The second kappa shape index (κ2) is 5.75. The molecule has 0 saturated carbocycles. The van der Waals surface area contributed by atoms with Gasteiger partial charge in [-0.1, -0.05) is 6.92 Å². The number of nitrogens with two attached hydrogens (primary N) is 1. The van der Waals surface area contributed by atoms with Gasteiger partial charge in [-0.15, -0.1) is 0 Å². The van der Waals surface area contributed by atoms with Crippen molar-refractivity contribution in [2.24, 2.45) is 0 Å². The Kier molecular flexibility index (Phi) is 4.61. The van der Waals surface area contributed by atoms with Crippen molar-refractivity contribution >= 4 is 33.3 Å². The first kappa shape index (κ1) is 12.8. The van der Waals surface area contributed by atoms with Crippen LogP contribution in [-0.4, -0.2) is 19.6 Å². The molecule has 16 heavy (non-hydrogen) atoms. The standard InChI is InChI=1S/C11H15BrN2O2/c1-3-4-14-10-8(12)5-7(6-9(10)13)11(15)16-2/h5-6,14H,3-4,13H2,1-2H3. The van der Waals surface area contributed by atoms with Crippen molar-refractivity contribution in [2.45, 2.75) is 13.3 Å². The van der Waals surface area contributed by atoms with Gasteiger partial charge in [-0.25, -0.2) is 4.79 Å². The molecule has 0 fully saturated rings. The van der Waals surface area contributed by atoms with Gasteiger partial charge in [0.1, 0.15) is 0 Å². The zero-order chi connectivity index (χ0) is 12.1. The molecule has 0 aliphatic heterocycles. The van der Waals surface area contributed by atoms with Crippen LogP contribution in [0.1, 0.15) is 23.7 Å². The Morgan fingerprint density at radius 3 is 2.75 bits per heavy atom. The Bertz CT molecular complexity index is 371. The lowest BCUT2D eigenvalue weighted by Crippen LogP contribution is -2.07. The number of esters is 1. The zero-order valence-corrected chi connectivity index (χ0v) is 10.9. The highest BCUT2D eigenvalue weighted by molar-refractivity contribution is 9.10. The minimum atomic E-state index is -0.394. The van der Waals surface area contributed by atoms with Gasteiger partial charge in [0.2, 0.25) is 0 Å². The first-order chi connectivity index (χ1) is 7.60. The molecule has 0 bridgehead atoms. The average molecular weight is 287 g/mol. The molecule has 3 N–H and O–H groups in total. The van der Waals surface area contributed by atoms with Crippen molar-refractivity contribution in [3.05, 3.63) is 22.2 Å². The van der Waals surface area contributed by atoms with Gasteiger partial charge in [-0.2, -0.15) is 0 Å². The number of ether oxygens (including phenoxy) is 1. The monoisotopic (exact) mass is 286 g/mol. The number of nitrogen functional groups attached to an aromatic ring is 1. The van der Waals surface area contributed by atoms with Crippen LogP contribution in [0.3, 0.4) is 0 Å². The maximum atomic E-state index is 11.3. The van der Waals surface area contributed by atoms with Crippen molar-refractivity contribution in [3.63, 3.8) is 0 Å². The number of methoxy groups -OCH3 is 1. The first-order valence-electron chi connectivity index (χ1n) is 5.01. The molecule has 0 aliphatic rings. The number of halogens is 1. The summed E-state index contributed by atoms with van der Waals surface area (Å²) in [5.41, 5.74) is 7.64. The van der Waals surface area contributed by atoms with E-state index in [9.17, 15) is 4.79 Å². The van der Waals surface area contributed by atoms with E-state index in [1.54, 1.807) is 12.1 Å². The molecule has 0 heterocycles. The molecule has 4 nitrogen and oxygen atoms in total. The summed E-state index contributed by atoms with van der Waals surface area (Å²) in [5, 5.41) is 3.19. The maximum absolute atomic E-state index is 11.3. The van der Waals surface area contributed by atoms with Crippen molar-refractivity contribution < 1.29 is 9.53 Å². The Morgan fingerprint density at radius 2 is 2.25 bits per heavy atom. The van der Waals surface area contributed by atoms with Crippen LogP contribution >= 0.6 is 15.9 Å². The lowest BCUT2D eigenvalue weighted by atomic mass is 10.1. The summed E-state index contributed by atoms with van der Waals surface area (Å²) >= 11 is 3.38. The maximum Gasteiger partial charge on any atom is 0.337 e. The molecule has 1 aromatic carbocycles. The fraction of sp³-hybridized carbons (Fsp3) is 0.364.